The zero-order chi connectivity index (χ0) is 11.0. The fourth-order valence-corrected chi connectivity index (χ4v) is 3.41. The first-order valence-corrected chi connectivity index (χ1v) is 6.42. The van der Waals surface area contributed by atoms with E-state index in [1.165, 1.54) is 32.4 Å². The van der Waals surface area contributed by atoms with Gasteiger partial charge in [0, 0.05) is 12.6 Å². The number of piperidine rings is 1. The number of hydrogen-bond donors (Lipinski definition) is 1. The minimum absolute atomic E-state index is 0.601. The van der Waals surface area contributed by atoms with E-state index < -0.39 is 0 Å². The van der Waals surface area contributed by atoms with Crippen molar-refractivity contribution in [2.45, 2.75) is 25.3 Å². The Morgan fingerprint density at radius 1 is 1.25 bits per heavy atom. The lowest BCUT2D eigenvalue weighted by atomic mass is 9.80. The lowest BCUT2D eigenvalue weighted by Crippen LogP contribution is -2.45. The zero-order valence-electron chi connectivity index (χ0n) is 9.73. The van der Waals surface area contributed by atoms with Crippen molar-refractivity contribution < 1.29 is 0 Å². The highest BCUT2D eigenvalue weighted by molar-refractivity contribution is 5.33. The molecule has 0 amide bonds. The molecule has 0 aromatic heterocycles. The quantitative estimate of drug-likeness (QED) is 0.777. The summed E-state index contributed by atoms with van der Waals surface area (Å²) in [5.41, 5.74) is 9.03. The maximum absolute atomic E-state index is 5.94. The van der Waals surface area contributed by atoms with E-state index in [1.807, 2.05) is 0 Å². The van der Waals surface area contributed by atoms with Crippen LogP contribution in [0.15, 0.2) is 24.3 Å². The van der Waals surface area contributed by atoms with Crippen molar-refractivity contribution in [2.24, 2.45) is 11.7 Å². The number of nitrogens with zero attached hydrogens (tertiary/aromatic N) is 1. The third-order valence-electron chi connectivity index (χ3n) is 4.20. The van der Waals surface area contributed by atoms with E-state index in [1.54, 1.807) is 11.1 Å². The first-order chi connectivity index (χ1) is 7.90. The summed E-state index contributed by atoms with van der Waals surface area (Å²) in [5.74, 6) is 0.662. The molecular weight excluding hydrogens is 196 g/mol. The van der Waals surface area contributed by atoms with Gasteiger partial charge in [0.15, 0.2) is 0 Å². The molecular formula is C14H20N2. The molecule has 1 aromatic rings. The maximum Gasteiger partial charge on any atom is 0.0391 e. The molecule has 2 heteroatoms. The Bertz CT molecular complexity index is 375. The van der Waals surface area contributed by atoms with Crippen LogP contribution in [0, 0.1) is 5.92 Å². The van der Waals surface area contributed by atoms with Gasteiger partial charge in [0.05, 0.1) is 0 Å². The SMILES string of the molecule is NCC1CCCN2CCc3ccccc3C12. The van der Waals surface area contributed by atoms with Gasteiger partial charge in [0.2, 0.25) is 0 Å². The molecule has 2 heterocycles. The summed E-state index contributed by atoms with van der Waals surface area (Å²) in [4.78, 5) is 2.64. The summed E-state index contributed by atoms with van der Waals surface area (Å²) in [6.07, 6.45) is 3.83. The van der Waals surface area contributed by atoms with Crippen molar-refractivity contribution in [3.63, 3.8) is 0 Å². The molecule has 2 unspecified atom stereocenters. The second-order valence-corrected chi connectivity index (χ2v) is 5.07. The number of rotatable bonds is 1. The lowest BCUT2D eigenvalue weighted by Gasteiger charge is -2.45. The average Bonchev–Trinajstić information content (AvgIpc) is 2.37. The van der Waals surface area contributed by atoms with E-state index >= 15 is 0 Å². The number of hydrogen-bond acceptors (Lipinski definition) is 2. The van der Waals surface area contributed by atoms with Crippen molar-refractivity contribution in [2.75, 3.05) is 19.6 Å². The maximum atomic E-state index is 5.94. The third kappa shape index (κ3) is 1.57. The molecule has 1 fully saturated rings. The van der Waals surface area contributed by atoms with Crippen LogP contribution >= 0.6 is 0 Å². The molecule has 0 saturated carbocycles. The molecule has 2 aliphatic rings. The predicted octanol–water partition coefficient (Wildman–Crippen LogP) is 1.95. The highest BCUT2D eigenvalue weighted by atomic mass is 15.2. The van der Waals surface area contributed by atoms with Crippen LogP contribution in [0.1, 0.15) is 30.0 Å². The molecule has 0 radical (unpaired) electrons. The third-order valence-corrected chi connectivity index (χ3v) is 4.20. The molecule has 0 aliphatic carbocycles. The van der Waals surface area contributed by atoms with Crippen LogP contribution < -0.4 is 5.73 Å². The minimum atomic E-state index is 0.601. The highest BCUT2D eigenvalue weighted by Gasteiger charge is 2.35. The van der Waals surface area contributed by atoms with Gasteiger partial charge in [0.1, 0.15) is 0 Å². The molecule has 0 spiro atoms. The summed E-state index contributed by atoms with van der Waals surface area (Å²) in [6, 6.07) is 9.53. The summed E-state index contributed by atoms with van der Waals surface area (Å²) in [6.45, 7) is 3.31. The van der Waals surface area contributed by atoms with Crippen molar-refractivity contribution >= 4 is 0 Å². The van der Waals surface area contributed by atoms with Crippen molar-refractivity contribution in [1.29, 1.82) is 0 Å². The molecule has 2 atom stereocenters. The van der Waals surface area contributed by atoms with Gasteiger partial charge in [-0.2, -0.15) is 0 Å². The van der Waals surface area contributed by atoms with Gasteiger partial charge < -0.3 is 5.73 Å². The molecule has 86 valence electrons. The first kappa shape index (κ1) is 10.3. The van der Waals surface area contributed by atoms with Crippen LogP contribution in [0.5, 0.6) is 0 Å². The van der Waals surface area contributed by atoms with Gasteiger partial charge in [-0.15, -0.1) is 0 Å². The minimum Gasteiger partial charge on any atom is -0.330 e. The van der Waals surface area contributed by atoms with Crippen molar-refractivity contribution in [3.8, 4) is 0 Å². The number of nitrogens with two attached hydrogens (primary N) is 1. The molecule has 2 nitrogen and oxygen atoms in total. The summed E-state index contributed by atoms with van der Waals surface area (Å²) in [7, 11) is 0. The monoisotopic (exact) mass is 216 g/mol. The van der Waals surface area contributed by atoms with Crippen LogP contribution in [0.2, 0.25) is 0 Å². The van der Waals surface area contributed by atoms with E-state index in [0.29, 0.717) is 12.0 Å². The van der Waals surface area contributed by atoms with Gasteiger partial charge in [0.25, 0.3) is 0 Å². The Labute approximate surface area is 97.4 Å². The molecule has 3 rings (SSSR count). The number of benzene rings is 1. The summed E-state index contributed by atoms with van der Waals surface area (Å²) < 4.78 is 0. The Morgan fingerprint density at radius 3 is 3.00 bits per heavy atom. The summed E-state index contributed by atoms with van der Waals surface area (Å²) >= 11 is 0. The largest absolute Gasteiger partial charge is 0.330 e. The fraction of sp³-hybridized carbons (Fsp3) is 0.571. The van der Waals surface area contributed by atoms with Gasteiger partial charge in [-0.05, 0) is 49.4 Å². The molecule has 2 aliphatic heterocycles. The van der Waals surface area contributed by atoms with Crippen LogP contribution in [0.25, 0.3) is 0 Å². The van der Waals surface area contributed by atoms with Gasteiger partial charge >= 0.3 is 0 Å². The zero-order valence-corrected chi connectivity index (χ0v) is 9.73. The normalized spacial score (nSPS) is 29.6. The molecule has 0 bridgehead atoms. The van der Waals surface area contributed by atoms with Crippen LogP contribution in [-0.4, -0.2) is 24.5 Å². The molecule has 2 N–H and O–H groups in total. The smallest absolute Gasteiger partial charge is 0.0391 e. The first-order valence-electron chi connectivity index (χ1n) is 6.42. The van der Waals surface area contributed by atoms with E-state index in [9.17, 15) is 0 Å². The summed E-state index contributed by atoms with van der Waals surface area (Å²) in [5, 5.41) is 0. The van der Waals surface area contributed by atoms with E-state index in [4.69, 9.17) is 5.73 Å². The van der Waals surface area contributed by atoms with Gasteiger partial charge in [-0.3, -0.25) is 4.90 Å². The average molecular weight is 216 g/mol. The van der Waals surface area contributed by atoms with Crippen LogP contribution in [-0.2, 0) is 6.42 Å². The van der Waals surface area contributed by atoms with Crippen LogP contribution in [0.3, 0.4) is 0 Å². The standard InChI is InChI=1S/C14H20N2/c15-10-12-5-3-8-16-9-7-11-4-1-2-6-13(11)14(12)16/h1-2,4,6,12,14H,3,5,7-10,15H2. The van der Waals surface area contributed by atoms with Crippen molar-refractivity contribution in [3.05, 3.63) is 35.4 Å². The lowest BCUT2D eigenvalue weighted by molar-refractivity contribution is 0.0871. The Balaban J connectivity index is 2.00. The Morgan fingerprint density at radius 2 is 2.12 bits per heavy atom. The second-order valence-electron chi connectivity index (χ2n) is 5.07. The van der Waals surface area contributed by atoms with E-state index in [0.717, 1.165) is 6.54 Å². The van der Waals surface area contributed by atoms with Crippen molar-refractivity contribution in [1.82, 2.24) is 4.90 Å². The predicted molar refractivity (Wildman–Crippen MR) is 66.2 cm³/mol. The molecule has 16 heavy (non-hydrogen) atoms. The van der Waals surface area contributed by atoms with E-state index in [2.05, 4.69) is 29.2 Å². The Kier molecular flexibility index (Phi) is 2.70. The fourth-order valence-electron chi connectivity index (χ4n) is 3.41. The highest BCUT2D eigenvalue weighted by Crippen LogP contribution is 2.39. The number of fused-ring (bicyclic) bond motifs is 3. The topological polar surface area (TPSA) is 29.3 Å². The second kappa shape index (κ2) is 4.19. The molecule has 1 saturated heterocycles. The van der Waals surface area contributed by atoms with Gasteiger partial charge in [-0.25, -0.2) is 0 Å². The van der Waals surface area contributed by atoms with E-state index in [-0.39, 0.29) is 0 Å². The Hall–Kier alpha value is -0.860. The van der Waals surface area contributed by atoms with Crippen LogP contribution in [0.4, 0.5) is 0 Å². The van der Waals surface area contributed by atoms with Gasteiger partial charge in [-0.1, -0.05) is 24.3 Å². The molecule has 1 aromatic carbocycles.